The fraction of sp³-hybridized carbons (Fsp3) is 0.276. The SMILES string of the molecule is CC(C)(C)c1cc(-c2cc(-c3ccccc3)ccn2)cc(-c2cccc3c2nc(-c2cc(C(C)(C)C)cc(C(C)(C)C)c2O)n3-c2cc(C(C)(C)C)ccc2-c2ccccc2)c1. The maximum Gasteiger partial charge on any atom is 0.149 e. The van der Waals surface area contributed by atoms with Crippen LogP contribution in [0.4, 0.5) is 0 Å². The van der Waals surface area contributed by atoms with Gasteiger partial charge in [-0.3, -0.25) is 9.55 Å². The number of imidazole rings is 1. The normalized spacial score (nSPS) is 12.6. The number of rotatable bonds is 6. The van der Waals surface area contributed by atoms with Crippen molar-refractivity contribution < 1.29 is 5.11 Å². The van der Waals surface area contributed by atoms with Gasteiger partial charge in [0.1, 0.15) is 11.6 Å². The maximum absolute atomic E-state index is 12.6. The van der Waals surface area contributed by atoms with Crippen molar-refractivity contribution in [2.24, 2.45) is 0 Å². The Morgan fingerprint density at radius 2 is 1.05 bits per heavy atom. The summed E-state index contributed by atoms with van der Waals surface area (Å²) in [5, 5.41) is 12.6. The number of pyridine rings is 1. The fourth-order valence-electron chi connectivity index (χ4n) is 8.37. The zero-order valence-corrected chi connectivity index (χ0v) is 38.6. The number of phenolic OH excluding ortho intramolecular Hbond substituents is 1. The molecular formula is C58H61N3O. The highest BCUT2D eigenvalue weighted by atomic mass is 16.3. The molecule has 1 N–H and O–H groups in total. The molecule has 0 radical (unpaired) electrons. The first-order valence-corrected chi connectivity index (χ1v) is 22.0. The molecule has 0 saturated carbocycles. The molecule has 2 heterocycles. The highest BCUT2D eigenvalue weighted by Gasteiger charge is 2.30. The molecule has 0 atom stereocenters. The van der Waals surface area contributed by atoms with E-state index in [1.54, 1.807) is 0 Å². The summed E-state index contributed by atoms with van der Waals surface area (Å²) < 4.78 is 2.31. The molecule has 4 nitrogen and oxygen atoms in total. The van der Waals surface area contributed by atoms with E-state index in [2.05, 4.69) is 221 Å². The van der Waals surface area contributed by atoms with Crippen molar-refractivity contribution >= 4 is 11.0 Å². The smallest absolute Gasteiger partial charge is 0.149 e. The van der Waals surface area contributed by atoms with Crippen molar-refractivity contribution in [3.05, 3.63) is 168 Å². The lowest BCUT2D eigenvalue weighted by Gasteiger charge is -2.28. The molecule has 0 saturated heterocycles. The van der Waals surface area contributed by atoms with Gasteiger partial charge in [0.25, 0.3) is 0 Å². The van der Waals surface area contributed by atoms with E-state index in [1.165, 1.54) is 11.1 Å². The number of phenols is 1. The number of nitrogens with zero attached hydrogens (tertiary/aromatic N) is 3. The summed E-state index contributed by atoms with van der Waals surface area (Å²) in [6, 6.07) is 50.0. The van der Waals surface area contributed by atoms with Gasteiger partial charge in [-0.25, -0.2) is 4.98 Å². The second-order valence-electron chi connectivity index (χ2n) is 21.1. The van der Waals surface area contributed by atoms with Gasteiger partial charge in [-0.15, -0.1) is 0 Å². The van der Waals surface area contributed by atoms with Gasteiger partial charge in [0.15, 0.2) is 0 Å². The van der Waals surface area contributed by atoms with Crippen LogP contribution in [0.25, 0.3) is 72.7 Å². The van der Waals surface area contributed by atoms with Crippen molar-refractivity contribution in [1.29, 1.82) is 0 Å². The summed E-state index contributed by atoms with van der Waals surface area (Å²) in [6.07, 6.45) is 1.91. The lowest BCUT2D eigenvalue weighted by Crippen LogP contribution is -2.17. The largest absolute Gasteiger partial charge is 0.507 e. The standard InChI is InChI=1S/C58H61N3O/c1-55(2,3)42-26-27-45(38-22-17-14-18-23-38)51(36-42)61-50-25-19-24-46(52(50)60-54(61)47-34-44(57(7,8)9)35-48(53(47)62)58(10,11)12)40-30-41(32-43(31-40)56(4,5)6)49-33-39(28-29-59-49)37-20-15-13-16-21-37/h13-36,62H,1-12H3. The molecule has 8 aromatic rings. The summed E-state index contributed by atoms with van der Waals surface area (Å²) in [6.45, 7) is 26.8. The summed E-state index contributed by atoms with van der Waals surface area (Å²) in [4.78, 5) is 10.6. The number of hydrogen-bond acceptors (Lipinski definition) is 3. The summed E-state index contributed by atoms with van der Waals surface area (Å²) in [7, 11) is 0. The molecular weight excluding hydrogens is 755 g/mol. The second-order valence-corrected chi connectivity index (χ2v) is 21.1. The van der Waals surface area contributed by atoms with Crippen molar-refractivity contribution in [3.63, 3.8) is 0 Å². The Balaban J connectivity index is 1.48. The molecule has 0 aliphatic heterocycles. The van der Waals surface area contributed by atoms with Crippen molar-refractivity contribution in [2.75, 3.05) is 0 Å². The van der Waals surface area contributed by atoms with Gasteiger partial charge in [0.2, 0.25) is 0 Å². The van der Waals surface area contributed by atoms with Gasteiger partial charge in [0.05, 0.1) is 28.0 Å². The minimum atomic E-state index is -0.320. The number of fused-ring (bicyclic) bond motifs is 1. The first-order valence-electron chi connectivity index (χ1n) is 22.0. The molecule has 0 bridgehead atoms. The van der Waals surface area contributed by atoms with Crippen molar-refractivity contribution in [1.82, 2.24) is 14.5 Å². The molecule has 0 fully saturated rings. The van der Waals surface area contributed by atoms with Gasteiger partial charge in [-0.2, -0.15) is 0 Å². The Labute approximate surface area is 369 Å². The molecule has 2 aromatic heterocycles. The molecule has 0 amide bonds. The quantitative estimate of drug-likeness (QED) is 0.182. The minimum absolute atomic E-state index is 0.116. The topological polar surface area (TPSA) is 50.9 Å². The molecule has 0 aliphatic rings. The maximum atomic E-state index is 12.6. The van der Waals surface area contributed by atoms with E-state index < -0.39 is 0 Å². The monoisotopic (exact) mass is 815 g/mol. The van der Waals surface area contributed by atoms with Crippen LogP contribution in [0.2, 0.25) is 0 Å². The molecule has 0 spiro atoms. The highest BCUT2D eigenvalue weighted by Crippen LogP contribution is 2.46. The van der Waals surface area contributed by atoms with E-state index in [0.717, 1.165) is 78.0 Å². The molecule has 0 unspecified atom stereocenters. The van der Waals surface area contributed by atoms with Gasteiger partial charge < -0.3 is 5.11 Å². The fourth-order valence-corrected chi connectivity index (χ4v) is 8.37. The van der Waals surface area contributed by atoms with Gasteiger partial charge >= 0.3 is 0 Å². The minimum Gasteiger partial charge on any atom is -0.507 e. The van der Waals surface area contributed by atoms with Crippen molar-refractivity contribution in [3.8, 4) is 67.5 Å². The lowest BCUT2D eigenvalue weighted by atomic mass is 9.79. The molecule has 314 valence electrons. The Morgan fingerprint density at radius 3 is 1.68 bits per heavy atom. The van der Waals surface area contributed by atoms with Gasteiger partial charge in [0, 0.05) is 28.5 Å². The molecule has 62 heavy (non-hydrogen) atoms. The average molecular weight is 816 g/mol. The first kappa shape index (κ1) is 42.4. The average Bonchev–Trinajstić information content (AvgIpc) is 3.62. The third-order valence-electron chi connectivity index (χ3n) is 12.2. The van der Waals surface area contributed by atoms with Crippen LogP contribution >= 0.6 is 0 Å². The van der Waals surface area contributed by atoms with E-state index in [9.17, 15) is 5.11 Å². The third kappa shape index (κ3) is 8.23. The van der Waals surface area contributed by atoms with Crippen LogP contribution in [0.5, 0.6) is 5.75 Å². The zero-order chi connectivity index (χ0) is 44.4. The summed E-state index contributed by atoms with van der Waals surface area (Å²) >= 11 is 0. The van der Waals surface area contributed by atoms with E-state index in [1.807, 2.05) is 12.3 Å². The predicted molar refractivity (Wildman–Crippen MR) is 263 cm³/mol. The molecule has 4 heteroatoms. The highest BCUT2D eigenvalue weighted by molar-refractivity contribution is 5.98. The van der Waals surface area contributed by atoms with Crippen molar-refractivity contribution in [2.45, 2.75) is 105 Å². The van der Waals surface area contributed by atoms with Crippen LogP contribution in [0.3, 0.4) is 0 Å². The van der Waals surface area contributed by atoms with Crippen LogP contribution < -0.4 is 0 Å². The van der Waals surface area contributed by atoms with Crippen LogP contribution in [-0.4, -0.2) is 19.6 Å². The third-order valence-corrected chi connectivity index (χ3v) is 12.2. The van der Waals surface area contributed by atoms with E-state index in [-0.39, 0.29) is 27.4 Å². The Hall–Kier alpha value is -6.26. The summed E-state index contributed by atoms with van der Waals surface area (Å²) in [5.41, 5.74) is 15.8. The Kier molecular flexibility index (Phi) is 10.7. The van der Waals surface area contributed by atoms with Gasteiger partial charge in [-0.05, 0) is 103 Å². The number of benzene rings is 6. The predicted octanol–water partition coefficient (Wildman–Crippen LogP) is 15.7. The number of aromatic nitrogens is 3. The van der Waals surface area contributed by atoms with Gasteiger partial charge in [-0.1, -0.05) is 180 Å². The molecule has 8 rings (SSSR count). The number of hydrogen-bond donors (Lipinski definition) is 1. The summed E-state index contributed by atoms with van der Waals surface area (Å²) in [5.74, 6) is 0.965. The first-order chi connectivity index (χ1) is 29.2. The number of aromatic hydroxyl groups is 1. The van der Waals surface area contributed by atoms with Crippen LogP contribution in [0.15, 0.2) is 146 Å². The molecule has 6 aromatic carbocycles. The lowest BCUT2D eigenvalue weighted by molar-refractivity contribution is 0.446. The molecule has 0 aliphatic carbocycles. The number of para-hydroxylation sites is 1. The Morgan fingerprint density at radius 1 is 0.435 bits per heavy atom. The van der Waals surface area contributed by atoms with Crippen LogP contribution in [0.1, 0.15) is 105 Å². The van der Waals surface area contributed by atoms with Crippen LogP contribution in [-0.2, 0) is 21.7 Å². The second kappa shape index (κ2) is 15.6. The van der Waals surface area contributed by atoms with Crippen LogP contribution in [0, 0.1) is 0 Å². The van der Waals surface area contributed by atoms with E-state index in [0.29, 0.717) is 5.82 Å². The Bertz CT molecular complexity index is 2930. The van der Waals surface area contributed by atoms with E-state index in [4.69, 9.17) is 9.97 Å². The van der Waals surface area contributed by atoms with E-state index >= 15 is 0 Å². The zero-order valence-electron chi connectivity index (χ0n) is 38.6.